The van der Waals surface area contributed by atoms with E-state index in [9.17, 15) is 9.59 Å². The number of nitrogens with zero attached hydrogens (tertiary/aromatic N) is 3. The Morgan fingerprint density at radius 2 is 1.96 bits per heavy atom. The van der Waals surface area contributed by atoms with Gasteiger partial charge in [-0.2, -0.15) is 0 Å². The van der Waals surface area contributed by atoms with Crippen molar-refractivity contribution < 1.29 is 9.64 Å². The SMILES string of the molecule is Cn1c(=O)[nH]c(=O)c2c1nc(SCC[NH+]1CCOCC1)n2Cc1ccccc1. The maximum absolute atomic E-state index is 12.5. The van der Waals surface area contributed by atoms with Crippen LogP contribution in [-0.2, 0) is 18.3 Å². The average Bonchev–Trinajstić information content (AvgIpc) is 3.07. The molecule has 0 bridgehead atoms. The molecule has 1 aromatic carbocycles. The maximum atomic E-state index is 12.5. The molecule has 4 rings (SSSR count). The van der Waals surface area contributed by atoms with Crippen LogP contribution in [0.3, 0.4) is 0 Å². The second-order valence-corrected chi connectivity index (χ2v) is 7.98. The summed E-state index contributed by atoms with van der Waals surface area (Å²) in [6.07, 6.45) is 0. The number of nitrogens with one attached hydrogen (secondary N) is 2. The zero-order valence-corrected chi connectivity index (χ0v) is 16.6. The molecule has 0 spiro atoms. The minimum Gasteiger partial charge on any atom is -0.370 e. The highest BCUT2D eigenvalue weighted by Crippen LogP contribution is 2.22. The first-order valence-electron chi connectivity index (χ1n) is 9.41. The molecule has 1 fully saturated rings. The lowest BCUT2D eigenvalue weighted by atomic mass is 10.2. The molecular weight excluding hydrogens is 378 g/mol. The number of benzene rings is 1. The largest absolute Gasteiger partial charge is 0.370 e. The van der Waals surface area contributed by atoms with Gasteiger partial charge in [-0.3, -0.25) is 14.3 Å². The predicted octanol–water partition coefficient (Wildman–Crippen LogP) is -0.521. The molecule has 1 saturated heterocycles. The van der Waals surface area contributed by atoms with E-state index in [0.717, 1.165) is 49.3 Å². The molecule has 28 heavy (non-hydrogen) atoms. The number of quaternary nitrogens is 1. The van der Waals surface area contributed by atoms with Crippen LogP contribution < -0.4 is 16.1 Å². The van der Waals surface area contributed by atoms with E-state index in [2.05, 4.69) is 9.97 Å². The number of H-pyrrole nitrogens is 1. The molecule has 0 radical (unpaired) electrons. The van der Waals surface area contributed by atoms with Gasteiger partial charge in [-0.15, -0.1) is 0 Å². The van der Waals surface area contributed by atoms with E-state index in [-0.39, 0.29) is 0 Å². The zero-order valence-electron chi connectivity index (χ0n) is 15.8. The summed E-state index contributed by atoms with van der Waals surface area (Å²) in [5, 5.41) is 0.762. The number of fused-ring (bicyclic) bond motifs is 1. The van der Waals surface area contributed by atoms with Crippen molar-refractivity contribution in [3.8, 4) is 0 Å². The quantitative estimate of drug-likeness (QED) is 0.542. The van der Waals surface area contributed by atoms with Crippen LogP contribution in [0.2, 0.25) is 0 Å². The second kappa shape index (κ2) is 8.34. The number of imidazole rings is 1. The molecule has 9 heteroatoms. The number of rotatable bonds is 6. The van der Waals surface area contributed by atoms with Crippen molar-refractivity contribution in [2.45, 2.75) is 11.7 Å². The Morgan fingerprint density at radius 3 is 2.71 bits per heavy atom. The lowest BCUT2D eigenvalue weighted by Crippen LogP contribution is -3.14. The van der Waals surface area contributed by atoms with E-state index in [1.54, 1.807) is 18.8 Å². The molecule has 1 aliphatic heterocycles. The molecule has 0 atom stereocenters. The van der Waals surface area contributed by atoms with Gasteiger partial charge in [-0.25, -0.2) is 9.78 Å². The van der Waals surface area contributed by atoms with Crippen LogP contribution in [0, 0.1) is 0 Å². The number of aryl methyl sites for hydroxylation is 1. The average molecular weight is 403 g/mol. The van der Waals surface area contributed by atoms with Crippen molar-refractivity contribution >= 4 is 22.9 Å². The number of hydrogen-bond donors (Lipinski definition) is 2. The van der Waals surface area contributed by atoms with E-state index in [1.807, 2.05) is 34.9 Å². The van der Waals surface area contributed by atoms with Crippen molar-refractivity contribution in [3.05, 3.63) is 56.7 Å². The number of thioether (sulfide) groups is 1. The van der Waals surface area contributed by atoms with Crippen molar-refractivity contribution in [1.29, 1.82) is 0 Å². The summed E-state index contributed by atoms with van der Waals surface area (Å²) >= 11 is 1.63. The Labute approximate surface area is 166 Å². The highest BCUT2D eigenvalue weighted by atomic mass is 32.2. The molecule has 0 amide bonds. The van der Waals surface area contributed by atoms with Gasteiger partial charge in [0.1, 0.15) is 13.1 Å². The van der Waals surface area contributed by atoms with E-state index in [0.29, 0.717) is 17.7 Å². The summed E-state index contributed by atoms with van der Waals surface area (Å²) in [5.41, 5.74) is 1.09. The topological polar surface area (TPSA) is 86.3 Å². The minimum absolute atomic E-state index is 0.396. The highest BCUT2D eigenvalue weighted by Gasteiger charge is 2.19. The molecule has 2 aromatic heterocycles. The Kier molecular flexibility index (Phi) is 5.65. The van der Waals surface area contributed by atoms with Crippen LogP contribution in [0.1, 0.15) is 5.56 Å². The van der Waals surface area contributed by atoms with Gasteiger partial charge >= 0.3 is 5.69 Å². The standard InChI is InChI=1S/C19H23N5O3S/c1-22-16-15(17(25)21-18(22)26)24(13-14-5-3-2-4-6-14)19(20-16)28-12-9-23-7-10-27-11-8-23/h2-6H,7-13H2,1H3,(H,21,25,26)/p+1. The molecule has 2 N–H and O–H groups in total. The predicted molar refractivity (Wildman–Crippen MR) is 108 cm³/mol. The Hall–Kier alpha value is -2.36. The van der Waals surface area contributed by atoms with Gasteiger partial charge in [-0.05, 0) is 5.56 Å². The fraction of sp³-hybridized carbons (Fsp3) is 0.421. The van der Waals surface area contributed by atoms with Gasteiger partial charge in [0.25, 0.3) is 5.56 Å². The molecule has 3 heterocycles. The Bertz CT molecular complexity index is 1070. The number of hydrogen-bond acceptors (Lipinski definition) is 5. The zero-order chi connectivity index (χ0) is 19.5. The molecule has 1 aliphatic rings. The van der Waals surface area contributed by atoms with Crippen molar-refractivity contribution in [2.24, 2.45) is 7.05 Å². The normalized spacial score (nSPS) is 15.3. The third kappa shape index (κ3) is 3.91. The first-order valence-corrected chi connectivity index (χ1v) is 10.4. The molecule has 0 aliphatic carbocycles. The fourth-order valence-corrected chi connectivity index (χ4v) is 4.47. The summed E-state index contributed by atoms with van der Waals surface area (Å²) in [6, 6.07) is 9.96. The summed E-state index contributed by atoms with van der Waals surface area (Å²) in [6.45, 7) is 5.21. The third-order valence-corrected chi connectivity index (χ3v) is 6.02. The molecule has 8 nitrogen and oxygen atoms in total. The van der Waals surface area contributed by atoms with Crippen molar-refractivity contribution in [2.75, 3.05) is 38.6 Å². The Morgan fingerprint density at radius 1 is 1.21 bits per heavy atom. The van der Waals surface area contributed by atoms with E-state index < -0.39 is 11.2 Å². The Balaban J connectivity index is 1.66. The smallest absolute Gasteiger partial charge is 0.329 e. The van der Waals surface area contributed by atoms with E-state index in [1.165, 1.54) is 9.47 Å². The van der Waals surface area contributed by atoms with Gasteiger partial charge < -0.3 is 14.2 Å². The van der Waals surface area contributed by atoms with Crippen LogP contribution in [0.5, 0.6) is 0 Å². The highest BCUT2D eigenvalue weighted by molar-refractivity contribution is 7.99. The molecule has 3 aromatic rings. The molecular formula is C19H24N5O3S+. The van der Waals surface area contributed by atoms with Crippen molar-refractivity contribution in [3.63, 3.8) is 0 Å². The van der Waals surface area contributed by atoms with Gasteiger partial charge in [0.05, 0.1) is 32.1 Å². The monoisotopic (exact) mass is 402 g/mol. The fourth-order valence-electron chi connectivity index (χ4n) is 3.43. The van der Waals surface area contributed by atoms with Crippen LogP contribution in [0.15, 0.2) is 45.1 Å². The number of aromatic nitrogens is 4. The number of morpholine rings is 1. The summed E-state index contributed by atoms with van der Waals surface area (Å²) in [4.78, 5) is 33.1. The van der Waals surface area contributed by atoms with Crippen LogP contribution in [0.25, 0.3) is 11.2 Å². The van der Waals surface area contributed by atoms with E-state index in [4.69, 9.17) is 4.74 Å². The van der Waals surface area contributed by atoms with E-state index >= 15 is 0 Å². The van der Waals surface area contributed by atoms with Crippen LogP contribution >= 0.6 is 11.8 Å². The van der Waals surface area contributed by atoms with Crippen LogP contribution in [0.4, 0.5) is 0 Å². The van der Waals surface area contributed by atoms with Crippen LogP contribution in [-0.4, -0.2) is 57.7 Å². The summed E-state index contributed by atoms with van der Waals surface area (Å²) < 4.78 is 8.73. The third-order valence-electron chi connectivity index (χ3n) is 5.04. The molecule has 148 valence electrons. The lowest BCUT2D eigenvalue weighted by molar-refractivity contribution is -0.905. The van der Waals surface area contributed by atoms with Gasteiger partial charge in [-0.1, -0.05) is 42.1 Å². The number of ether oxygens (including phenoxy) is 1. The first kappa shape index (κ1) is 19.0. The maximum Gasteiger partial charge on any atom is 0.329 e. The molecule has 0 unspecified atom stereocenters. The van der Waals surface area contributed by atoms with Gasteiger partial charge in [0.15, 0.2) is 16.3 Å². The second-order valence-electron chi connectivity index (χ2n) is 6.92. The number of aromatic amines is 1. The summed E-state index contributed by atoms with van der Waals surface area (Å²) in [5.74, 6) is 0.888. The minimum atomic E-state index is -0.448. The van der Waals surface area contributed by atoms with Crippen molar-refractivity contribution in [1.82, 2.24) is 19.1 Å². The van der Waals surface area contributed by atoms with Gasteiger partial charge in [0, 0.05) is 7.05 Å². The lowest BCUT2D eigenvalue weighted by Gasteiger charge is -2.23. The van der Waals surface area contributed by atoms with Gasteiger partial charge in [0.2, 0.25) is 0 Å². The molecule has 0 saturated carbocycles. The summed E-state index contributed by atoms with van der Waals surface area (Å²) in [7, 11) is 1.63. The first-order chi connectivity index (χ1) is 13.6.